The molecular formula is C12H13N3O3. The third-order valence-corrected chi connectivity index (χ3v) is 2.53. The Balaban J connectivity index is 2.11. The van der Waals surface area contributed by atoms with E-state index < -0.39 is 5.97 Å². The van der Waals surface area contributed by atoms with Crippen molar-refractivity contribution in [3.05, 3.63) is 42.0 Å². The van der Waals surface area contributed by atoms with Gasteiger partial charge in [-0.25, -0.2) is 9.78 Å². The first kappa shape index (κ1) is 12.0. The second-order valence-corrected chi connectivity index (χ2v) is 3.80. The van der Waals surface area contributed by atoms with Crippen LogP contribution in [0.3, 0.4) is 0 Å². The number of aromatic nitrogens is 2. The Bertz CT molecular complexity index is 578. The maximum atomic E-state index is 10.7. The van der Waals surface area contributed by atoms with Crippen LogP contribution >= 0.6 is 0 Å². The van der Waals surface area contributed by atoms with Gasteiger partial charge >= 0.3 is 5.97 Å². The first-order chi connectivity index (χ1) is 8.58. The van der Waals surface area contributed by atoms with Crippen molar-refractivity contribution in [3.8, 4) is 5.75 Å². The minimum atomic E-state index is -1.02. The van der Waals surface area contributed by atoms with Gasteiger partial charge in [-0.2, -0.15) is 0 Å². The summed E-state index contributed by atoms with van der Waals surface area (Å²) in [5.74, 6) is 0.192. The van der Waals surface area contributed by atoms with Gasteiger partial charge in [0.15, 0.2) is 0 Å². The van der Waals surface area contributed by atoms with E-state index in [1.54, 1.807) is 12.3 Å². The summed E-state index contributed by atoms with van der Waals surface area (Å²) in [5, 5.41) is 8.81. The molecule has 3 N–H and O–H groups in total. The van der Waals surface area contributed by atoms with E-state index in [1.165, 1.54) is 12.1 Å². The molecule has 6 nitrogen and oxygen atoms in total. The van der Waals surface area contributed by atoms with Crippen LogP contribution in [0.4, 0.5) is 5.69 Å². The SMILES string of the molecule is Cn1ccnc1COc1ccc(C(=O)O)cc1N. The molecule has 0 aliphatic rings. The van der Waals surface area contributed by atoms with Gasteiger partial charge in [-0.1, -0.05) is 0 Å². The maximum absolute atomic E-state index is 10.7. The van der Waals surface area contributed by atoms with Crippen molar-refractivity contribution in [2.45, 2.75) is 6.61 Å². The minimum absolute atomic E-state index is 0.136. The molecule has 6 heteroatoms. The van der Waals surface area contributed by atoms with Crippen LogP contribution in [-0.4, -0.2) is 20.6 Å². The molecule has 0 bridgehead atoms. The predicted octanol–water partition coefficient (Wildman–Crippen LogP) is 1.28. The first-order valence-corrected chi connectivity index (χ1v) is 5.29. The smallest absolute Gasteiger partial charge is 0.335 e. The number of benzene rings is 1. The molecule has 0 amide bonds. The van der Waals surface area contributed by atoms with Gasteiger partial charge in [0.2, 0.25) is 0 Å². The maximum Gasteiger partial charge on any atom is 0.335 e. The molecule has 1 heterocycles. The number of nitrogen functional groups attached to an aromatic ring is 1. The highest BCUT2D eigenvalue weighted by atomic mass is 16.5. The number of hydrogen-bond donors (Lipinski definition) is 2. The molecule has 0 radical (unpaired) electrons. The lowest BCUT2D eigenvalue weighted by atomic mass is 10.2. The fourth-order valence-electron chi connectivity index (χ4n) is 1.49. The number of rotatable bonds is 4. The van der Waals surface area contributed by atoms with Crippen LogP contribution in [0.15, 0.2) is 30.6 Å². The summed E-state index contributed by atoms with van der Waals surface area (Å²) < 4.78 is 7.33. The van der Waals surface area contributed by atoms with Crippen LogP contribution in [-0.2, 0) is 13.7 Å². The van der Waals surface area contributed by atoms with Gasteiger partial charge in [-0.15, -0.1) is 0 Å². The number of aryl methyl sites for hydroxylation is 1. The standard InChI is InChI=1S/C12H13N3O3/c1-15-5-4-14-11(15)7-18-10-3-2-8(12(16)17)6-9(10)13/h2-6H,7,13H2,1H3,(H,16,17). The zero-order valence-corrected chi connectivity index (χ0v) is 9.83. The van der Waals surface area contributed by atoms with E-state index in [0.717, 1.165) is 5.82 Å². The van der Waals surface area contributed by atoms with Crippen LogP contribution in [0.2, 0.25) is 0 Å². The second kappa shape index (κ2) is 4.79. The number of nitrogens with zero attached hydrogens (tertiary/aromatic N) is 2. The molecule has 2 rings (SSSR count). The summed E-state index contributed by atoms with van der Waals surface area (Å²) in [5.41, 5.74) is 6.15. The van der Waals surface area contributed by atoms with Crippen molar-refractivity contribution < 1.29 is 14.6 Å². The number of carboxylic acid groups (broad SMARTS) is 1. The highest BCUT2D eigenvalue weighted by Gasteiger charge is 2.08. The van der Waals surface area contributed by atoms with Gasteiger partial charge in [0, 0.05) is 19.4 Å². The Hall–Kier alpha value is -2.50. The Morgan fingerprint density at radius 1 is 1.56 bits per heavy atom. The monoisotopic (exact) mass is 247 g/mol. The van der Waals surface area contributed by atoms with Crippen molar-refractivity contribution in [1.29, 1.82) is 0 Å². The lowest BCUT2D eigenvalue weighted by molar-refractivity contribution is 0.0697. The lowest BCUT2D eigenvalue weighted by Crippen LogP contribution is -2.05. The van der Waals surface area contributed by atoms with Gasteiger partial charge in [0.25, 0.3) is 0 Å². The number of carbonyl (C=O) groups is 1. The Labute approximate surface area is 104 Å². The quantitative estimate of drug-likeness (QED) is 0.794. The summed E-state index contributed by atoms with van der Waals surface area (Å²) in [4.78, 5) is 14.9. The summed E-state index contributed by atoms with van der Waals surface area (Å²) in [7, 11) is 1.86. The number of aromatic carboxylic acids is 1. The van der Waals surface area contributed by atoms with Crippen molar-refractivity contribution in [2.24, 2.45) is 7.05 Å². The number of ether oxygens (including phenoxy) is 1. The van der Waals surface area contributed by atoms with E-state index in [4.69, 9.17) is 15.6 Å². The summed E-state index contributed by atoms with van der Waals surface area (Å²) in [6.45, 7) is 0.278. The summed E-state index contributed by atoms with van der Waals surface area (Å²) in [6, 6.07) is 4.37. The molecule has 94 valence electrons. The lowest BCUT2D eigenvalue weighted by Gasteiger charge is -2.09. The second-order valence-electron chi connectivity index (χ2n) is 3.80. The van der Waals surface area contributed by atoms with Crippen molar-refractivity contribution in [3.63, 3.8) is 0 Å². The molecule has 0 spiro atoms. The summed E-state index contributed by atoms with van der Waals surface area (Å²) in [6.07, 6.45) is 3.49. The average Bonchev–Trinajstić information content (AvgIpc) is 2.73. The van der Waals surface area contributed by atoms with Crippen molar-refractivity contribution in [2.75, 3.05) is 5.73 Å². The molecule has 1 aromatic carbocycles. The number of anilines is 1. The van der Waals surface area contributed by atoms with E-state index in [-0.39, 0.29) is 12.2 Å². The van der Waals surface area contributed by atoms with Crippen LogP contribution < -0.4 is 10.5 Å². The highest BCUT2D eigenvalue weighted by molar-refractivity contribution is 5.89. The molecule has 0 fully saturated rings. The molecule has 18 heavy (non-hydrogen) atoms. The highest BCUT2D eigenvalue weighted by Crippen LogP contribution is 2.23. The number of hydrogen-bond acceptors (Lipinski definition) is 4. The molecule has 2 aromatic rings. The zero-order valence-electron chi connectivity index (χ0n) is 9.83. The van der Waals surface area contributed by atoms with Gasteiger partial charge in [0.1, 0.15) is 18.2 Å². The molecule has 0 aliphatic heterocycles. The van der Waals surface area contributed by atoms with Crippen LogP contribution in [0.1, 0.15) is 16.2 Å². The van der Waals surface area contributed by atoms with E-state index >= 15 is 0 Å². The van der Waals surface area contributed by atoms with Crippen LogP contribution in [0.5, 0.6) is 5.75 Å². The third-order valence-electron chi connectivity index (χ3n) is 2.53. The number of carboxylic acids is 1. The van der Waals surface area contributed by atoms with Crippen LogP contribution in [0, 0.1) is 0 Å². The van der Waals surface area contributed by atoms with E-state index in [1.807, 2.05) is 17.8 Å². The molecule has 1 aromatic heterocycles. The van der Waals surface area contributed by atoms with Crippen LogP contribution in [0.25, 0.3) is 0 Å². The first-order valence-electron chi connectivity index (χ1n) is 5.29. The van der Waals surface area contributed by atoms with E-state index in [0.29, 0.717) is 11.4 Å². The van der Waals surface area contributed by atoms with Crippen molar-refractivity contribution in [1.82, 2.24) is 9.55 Å². The minimum Gasteiger partial charge on any atom is -0.484 e. The Morgan fingerprint density at radius 3 is 2.89 bits per heavy atom. The topological polar surface area (TPSA) is 90.4 Å². The third kappa shape index (κ3) is 2.42. The molecule has 0 aliphatic carbocycles. The van der Waals surface area contributed by atoms with Crippen molar-refractivity contribution >= 4 is 11.7 Å². The summed E-state index contributed by atoms with van der Waals surface area (Å²) >= 11 is 0. The van der Waals surface area contributed by atoms with E-state index in [2.05, 4.69) is 4.98 Å². The van der Waals surface area contributed by atoms with Gasteiger partial charge < -0.3 is 20.1 Å². The molecule has 0 saturated carbocycles. The van der Waals surface area contributed by atoms with Gasteiger partial charge in [0.05, 0.1) is 11.3 Å². The average molecular weight is 247 g/mol. The van der Waals surface area contributed by atoms with Gasteiger partial charge in [-0.05, 0) is 18.2 Å². The Kier molecular flexibility index (Phi) is 3.18. The fourth-order valence-corrected chi connectivity index (χ4v) is 1.49. The largest absolute Gasteiger partial charge is 0.484 e. The molecule has 0 saturated heterocycles. The number of imidazole rings is 1. The number of nitrogens with two attached hydrogens (primary N) is 1. The fraction of sp³-hybridized carbons (Fsp3) is 0.167. The van der Waals surface area contributed by atoms with E-state index in [9.17, 15) is 4.79 Å². The van der Waals surface area contributed by atoms with Gasteiger partial charge in [-0.3, -0.25) is 0 Å². The molecular weight excluding hydrogens is 234 g/mol. The molecule has 0 unspecified atom stereocenters. The molecule has 0 atom stereocenters. The normalized spacial score (nSPS) is 10.3. The Morgan fingerprint density at radius 2 is 2.33 bits per heavy atom. The zero-order chi connectivity index (χ0) is 13.1. The predicted molar refractivity (Wildman–Crippen MR) is 65.4 cm³/mol.